The first-order chi connectivity index (χ1) is 8.74. The molecule has 102 valence electrons. The topological polar surface area (TPSA) is 54.4 Å². The lowest BCUT2D eigenvalue weighted by atomic mass is 10.2. The molecule has 0 radical (unpaired) electrons. The molecule has 0 aliphatic heterocycles. The fourth-order valence-electron chi connectivity index (χ4n) is 1.57. The van der Waals surface area contributed by atoms with Gasteiger partial charge in [-0.05, 0) is 25.5 Å². The molecule has 1 unspecified atom stereocenters. The molecule has 18 heavy (non-hydrogen) atoms. The maximum atomic E-state index is 9.74. The van der Waals surface area contributed by atoms with Crippen molar-refractivity contribution in [3.05, 3.63) is 30.1 Å². The third kappa shape index (κ3) is 6.10. The van der Waals surface area contributed by atoms with Gasteiger partial charge in [0, 0.05) is 25.4 Å². The van der Waals surface area contributed by atoms with Crippen LogP contribution in [-0.2, 0) is 4.74 Å². The van der Waals surface area contributed by atoms with E-state index in [1.54, 1.807) is 6.20 Å². The number of aliphatic hydroxyl groups excluding tert-OH is 1. The predicted molar refractivity (Wildman–Crippen MR) is 72.4 cm³/mol. The van der Waals surface area contributed by atoms with Gasteiger partial charge >= 0.3 is 0 Å². The van der Waals surface area contributed by atoms with Crippen molar-refractivity contribution < 1.29 is 9.84 Å². The molecule has 0 saturated carbocycles. The van der Waals surface area contributed by atoms with E-state index >= 15 is 0 Å². The Kier molecular flexibility index (Phi) is 7.57. The molecule has 0 aliphatic rings. The lowest BCUT2D eigenvalue weighted by Gasteiger charge is -2.16. The molecule has 1 aromatic rings. The number of aromatic nitrogens is 1. The lowest BCUT2D eigenvalue weighted by molar-refractivity contribution is 0.0347. The van der Waals surface area contributed by atoms with Gasteiger partial charge in [0.25, 0.3) is 0 Å². The van der Waals surface area contributed by atoms with Crippen LogP contribution in [0.5, 0.6) is 0 Å². The summed E-state index contributed by atoms with van der Waals surface area (Å²) in [5, 5.41) is 13.0. The number of nitrogens with one attached hydrogen (secondary N) is 1. The van der Waals surface area contributed by atoms with E-state index in [4.69, 9.17) is 4.74 Å². The number of pyridine rings is 1. The van der Waals surface area contributed by atoms with Gasteiger partial charge in [-0.25, -0.2) is 0 Å². The molecule has 4 heteroatoms. The fraction of sp³-hybridized carbons (Fsp3) is 0.643. The molecular weight excluding hydrogens is 228 g/mol. The summed E-state index contributed by atoms with van der Waals surface area (Å²) in [6.07, 6.45) is 3.47. The van der Waals surface area contributed by atoms with Crippen molar-refractivity contribution >= 4 is 0 Å². The van der Waals surface area contributed by atoms with E-state index < -0.39 is 6.10 Å². The van der Waals surface area contributed by atoms with Gasteiger partial charge < -0.3 is 15.2 Å². The Morgan fingerprint density at radius 2 is 2.28 bits per heavy atom. The number of ether oxygens (including phenoxy) is 1. The second-order valence-corrected chi connectivity index (χ2v) is 4.47. The molecule has 0 spiro atoms. The number of hydrogen-bond donors (Lipinski definition) is 2. The smallest absolute Gasteiger partial charge is 0.0897 e. The number of unbranched alkanes of at least 4 members (excludes halogenated alkanes) is 1. The first kappa shape index (κ1) is 15.1. The molecule has 2 N–H and O–H groups in total. The number of rotatable bonds is 9. The summed E-state index contributed by atoms with van der Waals surface area (Å²) in [7, 11) is 0. The van der Waals surface area contributed by atoms with Crippen LogP contribution in [0.25, 0.3) is 0 Å². The van der Waals surface area contributed by atoms with E-state index in [0.717, 1.165) is 25.1 Å². The van der Waals surface area contributed by atoms with Crippen molar-refractivity contribution in [3.8, 4) is 0 Å². The molecule has 2 atom stereocenters. The first-order valence-corrected chi connectivity index (χ1v) is 6.64. The Balaban J connectivity index is 2.16. The summed E-state index contributed by atoms with van der Waals surface area (Å²) in [6, 6.07) is 5.97. The van der Waals surface area contributed by atoms with E-state index in [-0.39, 0.29) is 6.04 Å². The normalized spacial score (nSPS) is 14.4. The van der Waals surface area contributed by atoms with Crippen LogP contribution in [0.3, 0.4) is 0 Å². The largest absolute Gasteiger partial charge is 0.389 e. The Hall–Kier alpha value is -0.970. The van der Waals surface area contributed by atoms with Gasteiger partial charge in [-0.2, -0.15) is 0 Å². The van der Waals surface area contributed by atoms with Crippen LogP contribution >= 0.6 is 0 Å². The first-order valence-electron chi connectivity index (χ1n) is 6.64. The standard InChI is InChI=1S/C14H24N2O2/c1-3-4-9-18-11-13(17)10-16-12(2)14-7-5-6-8-15-14/h5-8,12-13,16-17H,3-4,9-11H2,1-2H3/t12-,13?/m1/s1. The van der Waals surface area contributed by atoms with Crippen molar-refractivity contribution in [3.63, 3.8) is 0 Å². The van der Waals surface area contributed by atoms with E-state index in [1.165, 1.54) is 0 Å². The fourth-order valence-corrected chi connectivity index (χ4v) is 1.57. The maximum absolute atomic E-state index is 9.74. The highest BCUT2D eigenvalue weighted by molar-refractivity contribution is 5.07. The van der Waals surface area contributed by atoms with Gasteiger partial charge in [-0.1, -0.05) is 19.4 Å². The summed E-state index contributed by atoms with van der Waals surface area (Å²) >= 11 is 0. The lowest BCUT2D eigenvalue weighted by Crippen LogP contribution is -2.32. The Bertz CT molecular complexity index is 306. The molecule has 1 aromatic heterocycles. The predicted octanol–water partition coefficient (Wildman–Crippen LogP) is 1.91. The van der Waals surface area contributed by atoms with Crippen LogP contribution < -0.4 is 5.32 Å². The second-order valence-electron chi connectivity index (χ2n) is 4.47. The van der Waals surface area contributed by atoms with Crippen LogP contribution in [0, 0.1) is 0 Å². The number of nitrogens with zero attached hydrogens (tertiary/aromatic N) is 1. The Labute approximate surface area is 109 Å². The third-order valence-electron chi connectivity index (χ3n) is 2.74. The zero-order valence-corrected chi connectivity index (χ0v) is 11.3. The van der Waals surface area contributed by atoms with Crippen molar-refractivity contribution in [2.75, 3.05) is 19.8 Å². The molecule has 0 bridgehead atoms. The SMILES string of the molecule is CCCCOCC(O)CN[C@H](C)c1ccccn1. The highest BCUT2D eigenvalue weighted by Crippen LogP contribution is 2.07. The molecule has 0 amide bonds. The van der Waals surface area contributed by atoms with E-state index in [0.29, 0.717) is 13.2 Å². The minimum absolute atomic E-state index is 0.136. The van der Waals surface area contributed by atoms with Crippen molar-refractivity contribution in [1.29, 1.82) is 0 Å². The van der Waals surface area contributed by atoms with Crippen LogP contribution in [0.4, 0.5) is 0 Å². The van der Waals surface area contributed by atoms with Gasteiger partial charge in [0.2, 0.25) is 0 Å². The molecule has 1 heterocycles. The summed E-state index contributed by atoms with van der Waals surface area (Å²) in [4.78, 5) is 4.27. The average Bonchev–Trinajstić information content (AvgIpc) is 2.42. The highest BCUT2D eigenvalue weighted by Gasteiger charge is 2.09. The van der Waals surface area contributed by atoms with Gasteiger partial charge in [0.1, 0.15) is 0 Å². The summed E-state index contributed by atoms with van der Waals surface area (Å²) in [5.41, 5.74) is 0.983. The van der Waals surface area contributed by atoms with Crippen molar-refractivity contribution in [2.45, 2.75) is 38.8 Å². The highest BCUT2D eigenvalue weighted by atomic mass is 16.5. The van der Waals surface area contributed by atoms with Crippen LogP contribution in [-0.4, -0.2) is 36.0 Å². The Morgan fingerprint density at radius 1 is 1.44 bits per heavy atom. The summed E-state index contributed by atoms with van der Waals surface area (Å²) in [5.74, 6) is 0. The van der Waals surface area contributed by atoms with Crippen LogP contribution in [0.15, 0.2) is 24.4 Å². The minimum atomic E-state index is -0.465. The van der Waals surface area contributed by atoms with E-state index in [2.05, 4.69) is 17.2 Å². The zero-order chi connectivity index (χ0) is 13.2. The van der Waals surface area contributed by atoms with Crippen LogP contribution in [0.1, 0.15) is 38.4 Å². The van der Waals surface area contributed by atoms with E-state index in [1.807, 2.05) is 25.1 Å². The van der Waals surface area contributed by atoms with Gasteiger partial charge in [0.05, 0.1) is 18.4 Å². The molecule has 4 nitrogen and oxygen atoms in total. The molecular formula is C14H24N2O2. The monoisotopic (exact) mass is 252 g/mol. The maximum Gasteiger partial charge on any atom is 0.0897 e. The minimum Gasteiger partial charge on any atom is -0.389 e. The van der Waals surface area contributed by atoms with E-state index in [9.17, 15) is 5.11 Å². The van der Waals surface area contributed by atoms with Gasteiger partial charge in [-0.15, -0.1) is 0 Å². The molecule has 0 aromatic carbocycles. The Morgan fingerprint density at radius 3 is 2.94 bits per heavy atom. The van der Waals surface area contributed by atoms with Crippen molar-refractivity contribution in [2.24, 2.45) is 0 Å². The van der Waals surface area contributed by atoms with Crippen LogP contribution in [0.2, 0.25) is 0 Å². The molecule has 0 fully saturated rings. The molecule has 1 rings (SSSR count). The van der Waals surface area contributed by atoms with Crippen molar-refractivity contribution in [1.82, 2.24) is 10.3 Å². The average molecular weight is 252 g/mol. The van der Waals surface area contributed by atoms with Gasteiger partial charge in [-0.3, -0.25) is 4.98 Å². The third-order valence-corrected chi connectivity index (χ3v) is 2.74. The van der Waals surface area contributed by atoms with Gasteiger partial charge in [0.15, 0.2) is 0 Å². The number of hydrogen-bond acceptors (Lipinski definition) is 4. The molecule has 0 saturated heterocycles. The quantitative estimate of drug-likeness (QED) is 0.659. The summed E-state index contributed by atoms with van der Waals surface area (Å²) in [6.45, 7) is 5.79. The second kappa shape index (κ2) is 9.03. The zero-order valence-electron chi connectivity index (χ0n) is 11.3. The summed E-state index contributed by atoms with van der Waals surface area (Å²) < 4.78 is 5.37. The molecule has 0 aliphatic carbocycles. The number of aliphatic hydroxyl groups is 1.